The van der Waals surface area contributed by atoms with E-state index in [1.54, 1.807) is 31.2 Å². The average molecular weight is 421 g/mol. The van der Waals surface area contributed by atoms with E-state index >= 15 is 0 Å². The van der Waals surface area contributed by atoms with Crippen molar-refractivity contribution < 1.29 is 18.4 Å². The number of rotatable bonds is 4. The molecule has 0 unspecified atom stereocenters. The number of amides is 3. The van der Waals surface area contributed by atoms with Gasteiger partial charge in [0.05, 0.1) is 29.2 Å². The first-order valence-corrected chi connectivity index (χ1v) is 9.40. The van der Waals surface area contributed by atoms with E-state index < -0.39 is 29.1 Å². The lowest BCUT2D eigenvalue weighted by Crippen LogP contribution is -2.41. The number of urea groups is 1. The van der Waals surface area contributed by atoms with Gasteiger partial charge < -0.3 is 5.32 Å². The molecule has 1 aromatic heterocycles. The fourth-order valence-electron chi connectivity index (χ4n) is 3.70. The quantitative estimate of drug-likeness (QED) is 0.655. The standard InChI is InChI=1S/C22H17F2N5O2/c1-13-16(11-25)19(29(27-13)15-6-4-3-5-7-15)12-28-20(30)22(2,26-21(28)31)17-10-14(23)8-9-18(17)24/h3-10H,12H2,1-2H3,(H,26,31)/t22-/m1/s1. The third-order valence-electron chi connectivity index (χ3n) is 5.32. The van der Waals surface area contributed by atoms with Crippen LogP contribution in [0.15, 0.2) is 48.5 Å². The Bertz CT molecular complexity index is 1250. The maximum atomic E-state index is 14.4. The van der Waals surface area contributed by atoms with Crippen molar-refractivity contribution >= 4 is 11.9 Å². The van der Waals surface area contributed by atoms with Gasteiger partial charge in [0.2, 0.25) is 0 Å². The van der Waals surface area contributed by atoms with Crippen LogP contribution in [0.4, 0.5) is 13.6 Å². The number of nitrogens with one attached hydrogen (secondary N) is 1. The van der Waals surface area contributed by atoms with Crippen molar-refractivity contribution in [3.63, 3.8) is 0 Å². The van der Waals surface area contributed by atoms with Gasteiger partial charge in [-0.15, -0.1) is 0 Å². The molecule has 0 saturated carbocycles. The average Bonchev–Trinajstić information content (AvgIpc) is 3.19. The number of benzene rings is 2. The Morgan fingerprint density at radius 3 is 2.55 bits per heavy atom. The molecule has 2 heterocycles. The molecular formula is C22H17F2N5O2. The van der Waals surface area contributed by atoms with E-state index in [0.29, 0.717) is 17.1 Å². The third-order valence-corrected chi connectivity index (χ3v) is 5.32. The van der Waals surface area contributed by atoms with Gasteiger partial charge in [-0.25, -0.2) is 18.3 Å². The SMILES string of the molecule is Cc1nn(-c2ccccc2)c(CN2C(=O)N[C@](C)(c3cc(F)ccc3F)C2=O)c1C#N. The molecule has 1 atom stereocenters. The zero-order valence-corrected chi connectivity index (χ0v) is 16.7. The van der Waals surface area contributed by atoms with Crippen LogP contribution in [0, 0.1) is 29.9 Å². The Labute approximate surface area is 176 Å². The van der Waals surface area contributed by atoms with Crippen LogP contribution < -0.4 is 5.32 Å². The molecule has 156 valence electrons. The lowest BCUT2D eigenvalue weighted by molar-refractivity contribution is -0.131. The minimum absolute atomic E-state index is 0.231. The molecule has 1 aliphatic heterocycles. The Morgan fingerprint density at radius 2 is 1.87 bits per heavy atom. The van der Waals surface area contributed by atoms with Crippen molar-refractivity contribution in [3.8, 4) is 11.8 Å². The summed E-state index contributed by atoms with van der Waals surface area (Å²) in [7, 11) is 0. The number of hydrogen-bond donors (Lipinski definition) is 1. The Balaban J connectivity index is 1.76. The van der Waals surface area contributed by atoms with Crippen LogP contribution in [0.5, 0.6) is 0 Å². The number of carbonyl (C=O) groups is 2. The van der Waals surface area contributed by atoms with Crippen molar-refractivity contribution in [3.05, 3.63) is 82.7 Å². The van der Waals surface area contributed by atoms with Gasteiger partial charge >= 0.3 is 6.03 Å². The zero-order chi connectivity index (χ0) is 22.3. The second-order valence-corrected chi connectivity index (χ2v) is 7.34. The number of nitrogens with zero attached hydrogens (tertiary/aromatic N) is 4. The highest BCUT2D eigenvalue weighted by atomic mass is 19.1. The van der Waals surface area contributed by atoms with Gasteiger partial charge in [-0.1, -0.05) is 18.2 Å². The number of aromatic nitrogens is 2. The number of para-hydroxylation sites is 1. The highest BCUT2D eigenvalue weighted by molar-refractivity contribution is 6.07. The zero-order valence-electron chi connectivity index (χ0n) is 16.7. The van der Waals surface area contributed by atoms with Crippen LogP contribution in [-0.2, 0) is 16.9 Å². The summed E-state index contributed by atoms with van der Waals surface area (Å²) >= 11 is 0. The lowest BCUT2D eigenvalue weighted by Gasteiger charge is -2.23. The van der Waals surface area contributed by atoms with Crippen molar-refractivity contribution in [2.45, 2.75) is 25.9 Å². The number of hydrogen-bond acceptors (Lipinski definition) is 4. The van der Waals surface area contributed by atoms with E-state index in [0.717, 1.165) is 23.1 Å². The van der Waals surface area contributed by atoms with Gasteiger partial charge in [-0.3, -0.25) is 9.69 Å². The van der Waals surface area contributed by atoms with Crippen LogP contribution in [0.2, 0.25) is 0 Å². The maximum Gasteiger partial charge on any atom is 0.325 e. The summed E-state index contributed by atoms with van der Waals surface area (Å²) in [6.07, 6.45) is 0. The second-order valence-electron chi connectivity index (χ2n) is 7.34. The van der Waals surface area contributed by atoms with E-state index in [1.165, 1.54) is 11.6 Å². The third kappa shape index (κ3) is 3.22. The monoisotopic (exact) mass is 421 g/mol. The molecule has 9 heteroatoms. The molecule has 0 spiro atoms. The summed E-state index contributed by atoms with van der Waals surface area (Å²) in [5.41, 5.74) is -0.418. The highest BCUT2D eigenvalue weighted by Crippen LogP contribution is 2.32. The largest absolute Gasteiger partial charge is 0.325 e. The smallest absolute Gasteiger partial charge is 0.319 e. The van der Waals surface area contributed by atoms with Gasteiger partial charge in [0.1, 0.15) is 23.2 Å². The van der Waals surface area contributed by atoms with Gasteiger partial charge in [-0.2, -0.15) is 10.4 Å². The summed E-state index contributed by atoms with van der Waals surface area (Å²) in [4.78, 5) is 26.8. The first kappa shape index (κ1) is 20.2. The maximum absolute atomic E-state index is 14.4. The molecule has 7 nitrogen and oxygen atoms in total. The van der Waals surface area contributed by atoms with E-state index in [2.05, 4.69) is 16.5 Å². The first-order valence-electron chi connectivity index (χ1n) is 9.40. The Morgan fingerprint density at radius 1 is 1.16 bits per heavy atom. The molecular weight excluding hydrogens is 404 g/mol. The molecule has 3 aromatic rings. The fourth-order valence-corrected chi connectivity index (χ4v) is 3.70. The second kappa shape index (κ2) is 7.32. The molecule has 0 bridgehead atoms. The molecule has 3 amide bonds. The van der Waals surface area contributed by atoms with Gasteiger partial charge in [0.15, 0.2) is 0 Å². The summed E-state index contributed by atoms with van der Waals surface area (Å²) in [5.74, 6) is -2.31. The molecule has 0 radical (unpaired) electrons. The molecule has 1 aliphatic rings. The predicted octanol–water partition coefficient (Wildman–Crippen LogP) is 3.30. The number of nitriles is 1. The van der Waals surface area contributed by atoms with E-state index in [-0.39, 0.29) is 17.7 Å². The normalized spacial score (nSPS) is 18.2. The highest BCUT2D eigenvalue weighted by Gasteiger charge is 2.50. The van der Waals surface area contributed by atoms with Crippen molar-refractivity contribution in [1.29, 1.82) is 5.26 Å². The minimum atomic E-state index is -1.79. The lowest BCUT2D eigenvalue weighted by atomic mass is 9.91. The minimum Gasteiger partial charge on any atom is -0.319 e. The summed E-state index contributed by atoms with van der Waals surface area (Å²) < 4.78 is 29.6. The van der Waals surface area contributed by atoms with Crippen LogP contribution in [0.25, 0.3) is 5.69 Å². The van der Waals surface area contributed by atoms with Crippen molar-refractivity contribution in [2.75, 3.05) is 0 Å². The van der Waals surface area contributed by atoms with E-state index in [9.17, 15) is 23.6 Å². The molecule has 1 N–H and O–H groups in total. The summed E-state index contributed by atoms with van der Waals surface area (Å²) in [6, 6.07) is 13.0. The first-order chi connectivity index (χ1) is 14.8. The molecule has 31 heavy (non-hydrogen) atoms. The van der Waals surface area contributed by atoms with Crippen LogP contribution >= 0.6 is 0 Å². The molecule has 4 rings (SSSR count). The van der Waals surface area contributed by atoms with Crippen LogP contribution in [0.1, 0.15) is 29.4 Å². The summed E-state index contributed by atoms with van der Waals surface area (Å²) in [5, 5.41) is 16.4. The van der Waals surface area contributed by atoms with Crippen molar-refractivity contribution in [1.82, 2.24) is 20.0 Å². The number of aryl methyl sites for hydroxylation is 1. The summed E-state index contributed by atoms with van der Waals surface area (Å²) in [6.45, 7) is 2.70. The molecule has 2 aromatic carbocycles. The van der Waals surface area contributed by atoms with Crippen LogP contribution in [-0.4, -0.2) is 26.6 Å². The Hall–Kier alpha value is -4.06. The number of imide groups is 1. The number of carbonyl (C=O) groups excluding carboxylic acids is 2. The van der Waals surface area contributed by atoms with Gasteiger partial charge in [0.25, 0.3) is 5.91 Å². The number of halogens is 2. The van der Waals surface area contributed by atoms with Gasteiger partial charge in [0, 0.05) is 5.56 Å². The van der Waals surface area contributed by atoms with Crippen molar-refractivity contribution in [2.24, 2.45) is 0 Å². The van der Waals surface area contributed by atoms with E-state index in [1.807, 2.05) is 6.07 Å². The van der Waals surface area contributed by atoms with Gasteiger partial charge in [-0.05, 0) is 44.2 Å². The molecule has 1 saturated heterocycles. The fraction of sp³-hybridized carbons (Fsp3) is 0.182. The van der Waals surface area contributed by atoms with E-state index in [4.69, 9.17) is 0 Å². The predicted molar refractivity (Wildman–Crippen MR) is 106 cm³/mol. The van der Waals surface area contributed by atoms with Crippen LogP contribution in [0.3, 0.4) is 0 Å². The Kier molecular flexibility index (Phi) is 4.78. The molecule has 0 aliphatic carbocycles. The molecule has 1 fully saturated rings. The topological polar surface area (TPSA) is 91.0 Å².